The third-order valence-electron chi connectivity index (χ3n) is 4.07. The number of rotatable bonds is 9. The summed E-state index contributed by atoms with van der Waals surface area (Å²) in [5.41, 5.74) is 3.14. The lowest BCUT2D eigenvalue weighted by molar-refractivity contribution is 0.130. The number of aromatic nitrogens is 1. The molecule has 2 aromatic rings. The van der Waals surface area contributed by atoms with Crippen LogP contribution in [0.25, 0.3) is 16.8 Å². The SMILES string of the molecule is C#CC.COC/C(OC)=C(OC)\C(OC)=C(/C)c1conc1-c1ccc(OC)cc1. The third-order valence-corrected chi connectivity index (χ3v) is 4.07. The number of nitrogens with zero attached hydrogens (tertiary/aromatic N) is 1. The van der Waals surface area contributed by atoms with Gasteiger partial charge in [-0.15, -0.1) is 12.3 Å². The molecule has 0 aliphatic heterocycles. The van der Waals surface area contributed by atoms with E-state index in [4.69, 9.17) is 28.2 Å². The van der Waals surface area contributed by atoms with Crippen molar-refractivity contribution in [3.63, 3.8) is 0 Å². The average Bonchev–Trinajstić information content (AvgIpc) is 3.26. The molecular formula is C23H29NO6. The number of hydrogen-bond donors (Lipinski definition) is 0. The second-order valence-corrected chi connectivity index (χ2v) is 5.85. The molecule has 0 atom stereocenters. The topological polar surface area (TPSA) is 72.2 Å². The standard InChI is InChI=1S/C20H25NO6.C3H4/c1-13(19(25-5)20(26-6)17(24-4)12-22-2)16-11-27-21-18(16)14-7-9-15(23-3)10-8-14;1-3-2/h7-11H,12H2,1-6H3;1H,2H3/b19-13-,20-17-;. The van der Waals surface area contributed by atoms with Crippen molar-refractivity contribution in [3.05, 3.63) is 53.4 Å². The molecule has 0 N–H and O–H groups in total. The Kier molecular flexibility index (Phi) is 10.7. The van der Waals surface area contributed by atoms with Crippen molar-refractivity contribution in [2.75, 3.05) is 42.2 Å². The lowest BCUT2D eigenvalue weighted by atomic mass is 10.0. The van der Waals surface area contributed by atoms with Gasteiger partial charge < -0.3 is 28.2 Å². The van der Waals surface area contributed by atoms with Gasteiger partial charge >= 0.3 is 0 Å². The molecular weight excluding hydrogens is 386 g/mol. The molecule has 1 aromatic heterocycles. The Hall–Kier alpha value is -3.37. The van der Waals surface area contributed by atoms with E-state index < -0.39 is 0 Å². The fourth-order valence-corrected chi connectivity index (χ4v) is 2.68. The van der Waals surface area contributed by atoms with Crippen molar-refractivity contribution in [1.82, 2.24) is 5.16 Å². The van der Waals surface area contributed by atoms with Crippen LogP contribution < -0.4 is 4.74 Å². The first-order valence-corrected chi connectivity index (χ1v) is 9.04. The summed E-state index contributed by atoms with van der Waals surface area (Å²) in [5, 5.41) is 4.15. The smallest absolute Gasteiger partial charge is 0.201 e. The van der Waals surface area contributed by atoms with Crippen LogP contribution in [0.1, 0.15) is 19.4 Å². The molecule has 0 aliphatic carbocycles. The molecule has 162 valence electrons. The van der Waals surface area contributed by atoms with Gasteiger partial charge in [-0.05, 0) is 38.1 Å². The number of ether oxygens (including phenoxy) is 5. The summed E-state index contributed by atoms with van der Waals surface area (Å²) in [6.07, 6.45) is 6.17. The average molecular weight is 415 g/mol. The van der Waals surface area contributed by atoms with Crippen LogP contribution in [0.3, 0.4) is 0 Å². The van der Waals surface area contributed by atoms with E-state index in [-0.39, 0.29) is 6.61 Å². The first-order chi connectivity index (χ1) is 14.5. The monoisotopic (exact) mass is 415 g/mol. The van der Waals surface area contributed by atoms with Crippen LogP contribution in [0, 0.1) is 12.3 Å². The van der Waals surface area contributed by atoms with Crippen molar-refractivity contribution in [3.8, 4) is 29.4 Å². The lowest BCUT2D eigenvalue weighted by Crippen LogP contribution is -2.08. The van der Waals surface area contributed by atoms with Gasteiger partial charge in [0.1, 0.15) is 24.3 Å². The fraction of sp³-hybridized carbons (Fsp3) is 0.348. The minimum absolute atomic E-state index is 0.245. The predicted octanol–water partition coefficient (Wildman–Crippen LogP) is 4.52. The number of methoxy groups -OCH3 is 5. The Balaban J connectivity index is 0.00000141. The minimum atomic E-state index is 0.245. The van der Waals surface area contributed by atoms with E-state index in [2.05, 4.69) is 17.5 Å². The Morgan fingerprint density at radius 3 is 2.07 bits per heavy atom. The molecule has 0 bridgehead atoms. The van der Waals surface area contributed by atoms with Crippen LogP contribution in [-0.2, 0) is 18.9 Å². The number of allylic oxidation sites excluding steroid dienone is 1. The van der Waals surface area contributed by atoms with Crippen molar-refractivity contribution in [1.29, 1.82) is 0 Å². The van der Waals surface area contributed by atoms with Gasteiger partial charge in [0.05, 0.1) is 28.4 Å². The molecule has 2 rings (SSSR count). The van der Waals surface area contributed by atoms with E-state index in [0.717, 1.165) is 22.4 Å². The zero-order valence-electron chi connectivity index (χ0n) is 18.6. The Bertz CT molecular complexity index is 887. The van der Waals surface area contributed by atoms with Crippen molar-refractivity contribution < 1.29 is 28.2 Å². The predicted molar refractivity (Wildman–Crippen MR) is 116 cm³/mol. The van der Waals surface area contributed by atoms with Gasteiger partial charge in [0.15, 0.2) is 11.5 Å². The van der Waals surface area contributed by atoms with Crippen molar-refractivity contribution in [2.24, 2.45) is 0 Å². The summed E-state index contributed by atoms with van der Waals surface area (Å²) in [7, 11) is 7.88. The molecule has 7 heteroatoms. The summed E-state index contributed by atoms with van der Waals surface area (Å²) in [6.45, 7) is 3.80. The summed E-state index contributed by atoms with van der Waals surface area (Å²) < 4.78 is 32.2. The molecule has 0 saturated heterocycles. The first-order valence-electron chi connectivity index (χ1n) is 9.04. The molecule has 0 radical (unpaired) electrons. The summed E-state index contributed by atoms with van der Waals surface area (Å²) in [4.78, 5) is 0. The van der Waals surface area contributed by atoms with Crippen LogP contribution >= 0.6 is 0 Å². The molecule has 0 aliphatic rings. The molecule has 1 aromatic carbocycles. The molecule has 1 heterocycles. The van der Waals surface area contributed by atoms with E-state index >= 15 is 0 Å². The van der Waals surface area contributed by atoms with E-state index in [1.165, 1.54) is 0 Å². The number of terminal acetylenes is 1. The molecule has 0 saturated carbocycles. The van der Waals surface area contributed by atoms with Gasteiger partial charge in [-0.2, -0.15) is 0 Å². The van der Waals surface area contributed by atoms with Gasteiger partial charge in [-0.25, -0.2) is 0 Å². The van der Waals surface area contributed by atoms with Crippen LogP contribution in [0.2, 0.25) is 0 Å². The summed E-state index contributed by atoms with van der Waals surface area (Å²) in [6, 6.07) is 7.56. The first kappa shape index (κ1) is 24.7. The molecule has 30 heavy (non-hydrogen) atoms. The lowest BCUT2D eigenvalue weighted by Gasteiger charge is -2.17. The molecule has 0 spiro atoms. The quantitative estimate of drug-likeness (QED) is 0.339. The van der Waals surface area contributed by atoms with E-state index in [0.29, 0.717) is 23.0 Å². The van der Waals surface area contributed by atoms with Gasteiger partial charge in [0, 0.05) is 23.8 Å². The fourth-order valence-electron chi connectivity index (χ4n) is 2.68. The summed E-state index contributed by atoms with van der Waals surface area (Å²) in [5.74, 6) is 4.48. The van der Waals surface area contributed by atoms with Crippen LogP contribution in [-0.4, -0.2) is 47.3 Å². The molecule has 0 amide bonds. The zero-order valence-corrected chi connectivity index (χ0v) is 18.6. The number of hydrogen-bond acceptors (Lipinski definition) is 7. The van der Waals surface area contributed by atoms with E-state index in [9.17, 15) is 0 Å². The van der Waals surface area contributed by atoms with Gasteiger partial charge in [-0.1, -0.05) is 5.16 Å². The van der Waals surface area contributed by atoms with Crippen molar-refractivity contribution >= 4 is 5.57 Å². The Morgan fingerprint density at radius 1 is 1.00 bits per heavy atom. The van der Waals surface area contributed by atoms with Crippen LogP contribution in [0.15, 0.2) is 52.3 Å². The van der Waals surface area contributed by atoms with Crippen molar-refractivity contribution in [2.45, 2.75) is 13.8 Å². The van der Waals surface area contributed by atoms with Gasteiger partial charge in [0.25, 0.3) is 0 Å². The number of benzene rings is 1. The maximum Gasteiger partial charge on any atom is 0.201 e. The van der Waals surface area contributed by atoms with E-state index in [1.807, 2.05) is 31.2 Å². The Morgan fingerprint density at radius 2 is 1.60 bits per heavy atom. The molecule has 0 unspecified atom stereocenters. The van der Waals surface area contributed by atoms with Crippen LogP contribution in [0.4, 0.5) is 0 Å². The van der Waals surface area contributed by atoms with Gasteiger partial charge in [-0.3, -0.25) is 0 Å². The normalized spacial score (nSPS) is 11.8. The zero-order chi connectivity index (χ0) is 22.5. The highest BCUT2D eigenvalue weighted by Gasteiger charge is 2.22. The molecule has 7 nitrogen and oxygen atoms in total. The highest BCUT2D eigenvalue weighted by Crippen LogP contribution is 2.33. The molecule has 0 fully saturated rings. The largest absolute Gasteiger partial charge is 0.497 e. The highest BCUT2D eigenvalue weighted by atomic mass is 16.5. The third kappa shape index (κ3) is 6.06. The maximum atomic E-state index is 5.62. The van der Waals surface area contributed by atoms with Gasteiger partial charge in [0.2, 0.25) is 5.76 Å². The maximum absolute atomic E-state index is 5.62. The minimum Gasteiger partial charge on any atom is -0.497 e. The summed E-state index contributed by atoms with van der Waals surface area (Å²) >= 11 is 0. The highest BCUT2D eigenvalue weighted by molar-refractivity contribution is 5.79. The van der Waals surface area contributed by atoms with E-state index in [1.54, 1.807) is 48.7 Å². The Labute approximate surface area is 178 Å². The second-order valence-electron chi connectivity index (χ2n) is 5.85. The second kappa shape index (κ2) is 13.0. The van der Waals surface area contributed by atoms with Crippen LogP contribution in [0.5, 0.6) is 5.75 Å².